The highest BCUT2D eigenvalue weighted by Crippen LogP contribution is 2.32. The van der Waals surface area contributed by atoms with Gasteiger partial charge in [-0.1, -0.05) is 13.8 Å². The maximum atomic E-state index is 11.2. The second-order valence-electron chi connectivity index (χ2n) is 6.80. The molecule has 0 atom stereocenters. The minimum atomic E-state index is -1.29. The minimum Gasteiger partial charge on any atom is -0.489 e. The zero-order valence-electron chi connectivity index (χ0n) is 14.8. The number of carbonyl (C=O) groups is 1. The second-order valence-corrected chi connectivity index (χ2v) is 6.80. The van der Waals surface area contributed by atoms with Gasteiger partial charge in [0.25, 0.3) is 0 Å². The molecule has 26 heavy (non-hydrogen) atoms. The SMILES string of the molecule is CC(C)COc1nc2c(OCC3CC3)cccn2c1C=C(C#N)C(=O)O. The number of rotatable bonds is 8. The van der Waals surface area contributed by atoms with Crippen molar-refractivity contribution in [3.05, 3.63) is 29.6 Å². The van der Waals surface area contributed by atoms with Gasteiger partial charge < -0.3 is 14.6 Å². The van der Waals surface area contributed by atoms with Crippen LogP contribution in [0.5, 0.6) is 11.6 Å². The van der Waals surface area contributed by atoms with Crippen LogP contribution in [-0.2, 0) is 4.79 Å². The van der Waals surface area contributed by atoms with Crippen LogP contribution in [-0.4, -0.2) is 33.7 Å². The Labute approximate surface area is 151 Å². The molecule has 0 spiro atoms. The first-order chi connectivity index (χ1) is 12.5. The Morgan fingerprint density at radius 3 is 2.88 bits per heavy atom. The lowest BCUT2D eigenvalue weighted by Gasteiger charge is -2.07. The van der Waals surface area contributed by atoms with Crippen molar-refractivity contribution >= 4 is 17.7 Å². The topological polar surface area (TPSA) is 96.9 Å². The molecule has 0 bridgehead atoms. The normalized spacial score (nSPS) is 14.5. The van der Waals surface area contributed by atoms with Crippen LogP contribution in [0, 0.1) is 23.2 Å². The summed E-state index contributed by atoms with van der Waals surface area (Å²) in [5, 5.41) is 18.3. The molecule has 0 saturated heterocycles. The highest BCUT2D eigenvalue weighted by molar-refractivity contribution is 5.96. The molecule has 1 saturated carbocycles. The van der Waals surface area contributed by atoms with E-state index in [1.54, 1.807) is 22.7 Å². The number of hydrogen-bond acceptors (Lipinski definition) is 5. The Kier molecular flexibility index (Phi) is 5.12. The van der Waals surface area contributed by atoms with Gasteiger partial charge in [-0.05, 0) is 42.9 Å². The Bertz CT molecular complexity index is 888. The molecule has 1 aliphatic rings. The summed E-state index contributed by atoms with van der Waals surface area (Å²) in [6.45, 7) is 5.08. The second kappa shape index (κ2) is 7.48. The van der Waals surface area contributed by atoms with Gasteiger partial charge in [-0.25, -0.2) is 4.79 Å². The van der Waals surface area contributed by atoms with Gasteiger partial charge >= 0.3 is 5.97 Å². The highest BCUT2D eigenvalue weighted by Gasteiger charge is 2.23. The summed E-state index contributed by atoms with van der Waals surface area (Å²) in [6, 6.07) is 5.32. The maximum Gasteiger partial charge on any atom is 0.346 e. The van der Waals surface area contributed by atoms with E-state index in [0.717, 1.165) is 0 Å². The first-order valence-electron chi connectivity index (χ1n) is 8.61. The zero-order valence-corrected chi connectivity index (χ0v) is 14.8. The van der Waals surface area contributed by atoms with Crippen molar-refractivity contribution < 1.29 is 19.4 Å². The summed E-state index contributed by atoms with van der Waals surface area (Å²) < 4.78 is 13.3. The Balaban J connectivity index is 2.05. The average molecular weight is 355 g/mol. The molecule has 2 heterocycles. The van der Waals surface area contributed by atoms with Gasteiger partial charge in [0, 0.05) is 6.20 Å². The maximum absolute atomic E-state index is 11.2. The fraction of sp³-hybridized carbons (Fsp3) is 0.421. The Morgan fingerprint density at radius 1 is 1.50 bits per heavy atom. The van der Waals surface area contributed by atoms with Crippen LogP contribution in [0.3, 0.4) is 0 Å². The van der Waals surface area contributed by atoms with Crippen molar-refractivity contribution in [2.75, 3.05) is 13.2 Å². The molecule has 0 radical (unpaired) electrons. The summed E-state index contributed by atoms with van der Waals surface area (Å²) in [5.41, 5.74) is 0.572. The molecular weight excluding hydrogens is 334 g/mol. The zero-order chi connectivity index (χ0) is 18.7. The Morgan fingerprint density at radius 2 is 2.27 bits per heavy atom. The van der Waals surface area contributed by atoms with Gasteiger partial charge in [0.2, 0.25) is 5.88 Å². The van der Waals surface area contributed by atoms with E-state index in [1.807, 2.05) is 19.9 Å². The lowest BCUT2D eigenvalue weighted by Crippen LogP contribution is -2.06. The molecule has 7 nitrogen and oxygen atoms in total. The highest BCUT2D eigenvalue weighted by atomic mass is 16.5. The summed E-state index contributed by atoms with van der Waals surface area (Å²) in [6.07, 6.45) is 5.39. The van der Waals surface area contributed by atoms with E-state index < -0.39 is 5.97 Å². The molecule has 1 fully saturated rings. The predicted octanol–water partition coefficient (Wildman–Crippen LogP) is 3.15. The third kappa shape index (κ3) is 3.97. The molecule has 0 amide bonds. The third-order valence-electron chi connectivity index (χ3n) is 3.97. The number of imidazole rings is 1. The fourth-order valence-corrected chi connectivity index (χ4v) is 2.41. The molecule has 7 heteroatoms. The number of carboxylic acids is 1. The van der Waals surface area contributed by atoms with Crippen LogP contribution in [0.15, 0.2) is 23.9 Å². The molecule has 0 aromatic carbocycles. The van der Waals surface area contributed by atoms with E-state index >= 15 is 0 Å². The van der Waals surface area contributed by atoms with Crippen LogP contribution in [0.4, 0.5) is 0 Å². The van der Waals surface area contributed by atoms with Crippen molar-refractivity contribution in [2.24, 2.45) is 11.8 Å². The molecule has 1 aliphatic carbocycles. The molecule has 1 N–H and O–H groups in total. The lowest BCUT2D eigenvalue weighted by molar-refractivity contribution is -0.132. The van der Waals surface area contributed by atoms with E-state index in [9.17, 15) is 9.90 Å². The van der Waals surface area contributed by atoms with Crippen molar-refractivity contribution in [2.45, 2.75) is 26.7 Å². The van der Waals surface area contributed by atoms with Crippen molar-refractivity contribution in [3.63, 3.8) is 0 Å². The number of pyridine rings is 1. The summed E-state index contributed by atoms with van der Waals surface area (Å²) in [7, 11) is 0. The summed E-state index contributed by atoms with van der Waals surface area (Å²) in [5.74, 6) is 0.478. The van der Waals surface area contributed by atoms with E-state index in [0.29, 0.717) is 36.2 Å². The third-order valence-corrected chi connectivity index (χ3v) is 3.97. The van der Waals surface area contributed by atoms with Gasteiger partial charge in [-0.2, -0.15) is 10.2 Å². The standard InChI is InChI=1S/C19H21N3O4/c1-12(2)10-26-18-15(8-14(9-20)19(23)24)22-7-3-4-16(17(22)21-18)25-11-13-5-6-13/h3-4,7-8,12-13H,5-6,10-11H2,1-2H3,(H,23,24). The van der Waals surface area contributed by atoms with E-state index in [1.165, 1.54) is 18.9 Å². The first-order valence-corrected chi connectivity index (χ1v) is 8.61. The summed E-state index contributed by atoms with van der Waals surface area (Å²) in [4.78, 5) is 15.7. The van der Waals surface area contributed by atoms with Crippen LogP contribution >= 0.6 is 0 Å². The predicted molar refractivity (Wildman–Crippen MR) is 95.0 cm³/mol. The van der Waals surface area contributed by atoms with Crippen LogP contribution < -0.4 is 9.47 Å². The van der Waals surface area contributed by atoms with Crippen molar-refractivity contribution in [1.82, 2.24) is 9.38 Å². The van der Waals surface area contributed by atoms with Crippen LogP contribution in [0.2, 0.25) is 0 Å². The molecule has 2 aromatic heterocycles. The molecule has 3 rings (SSSR count). The summed E-state index contributed by atoms with van der Waals surface area (Å²) >= 11 is 0. The Hall–Kier alpha value is -3.01. The van der Waals surface area contributed by atoms with Crippen molar-refractivity contribution in [1.29, 1.82) is 5.26 Å². The van der Waals surface area contributed by atoms with E-state index in [4.69, 9.17) is 14.7 Å². The van der Waals surface area contributed by atoms with E-state index in [2.05, 4.69) is 4.98 Å². The molecule has 2 aromatic rings. The van der Waals surface area contributed by atoms with Gasteiger partial charge in [0.1, 0.15) is 17.3 Å². The van der Waals surface area contributed by atoms with Crippen molar-refractivity contribution in [3.8, 4) is 17.7 Å². The first kappa shape index (κ1) is 17.8. The largest absolute Gasteiger partial charge is 0.489 e. The number of nitrogens with zero attached hydrogens (tertiary/aromatic N) is 3. The lowest BCUT2D eigenvalue weighted by atomic mass is 10.2. The number of nitriles is 1. The fourth-order valence-electron chi connectivity index (χ4n) is 2.41. The molecule has 136 valence electrons. The van der Waals surface area contributed by atoms with Gasteiger partial charge in [0.15, 0.2) is 11.4 Å². The monoisotopic (exact) mass is 355 g/mol. The number of aromatic nitrogens is 2. The van der Waals surface area contributed by atoms with Gasteiger partial charge in [-0.15, -0.1) is 0 Å². The number of hydrogen-bond donors (Lipinski definition) is 1. The van der Waals surface area contributed by atoms with E-state index in [-0.39, 0.29) is 17.4 Å². The number of aliphatic carboxylic acids is 1. The quantitative estimate of drug-likeness (QED) is 0.577. The van der Waals surface area contributed by atoms with Gasteiger partial charge in [-0.3, -0.25) is 4.40 Å². The molecule has 0 unspecified atom stereocenters. The molecular formula is C19H21N3O4. The smallest absolute Gasteiger partial charge is 0.346 e. The number of ether oxygens (including phenoxy) is 2. The van der Waals surface area contributed by atoms with Crippen LogP contribution in [0.1, 0.15) is 32.4 Å². The molecule has 0 aliphatic heterocycles. The number of fused-ring (bicyclic) bond motifs is 1. The van der Waals surface area contributed by atoms with Gasteiger partial charge in [0.05, 0.1) is 13.2 Å². The van der Waals surface area contributed by atoms with Crippen LogP contribution in [0.25, 0.3) is 11.7 Å². The minimum absolute atomic E-state index is 0.275. The number of carboxylic acid groups (broad SMARTS) is 1. The average Bonchev–Trinajstić information content (AvgIpc) is 3.36.